The maximum Gasteiger partial charge on any atom is 0.126 e. The largest absolute Gasteiger partial charge is 0.375 e. The monoisotopic (exact) mass is 430 g/mol. The van der Waals surface area contributed by atoms with Gasteiger partial charge in [-0.05, 0) is 41.7 Å². The minimum Gasteiger partial charge on any atom is -0.375 e. The van der Waals surface area contributed by atoms with E-state index in [0.29, 0.717) is 12.2 Å². The molecule has 2 aliphatic rings. The first-order valence-electron chi connectivity index (χ1n) is 9.20. The topological polar surface area (TPSA) is 24.5 Å². The number of benzene rings is 2. The van der Waals surface area contributed by atoms with Crippen molar-refractivity contribution >= 4 is 24.8 Å². The number of hydrogen-bond acceptors (Lipinski definition) is 3. The minimum absolute atomic E-state index is 0. The van der Waals surface area contributed by atoms with Gasteiger partial charge in [-0.15, -0.1) is 24.8 Å². The van der Waals surface area contributed by atoms with Crippen LogP contribution in [0.3, 0.4) is 0 Å². The van der Waals surface area contributed by atoms with E-state index in [-0.39, 0.29) is 37.0 Å². The zero-order chi connectivity index (χ0) is 18.0. The molecule has 1 aliphatic heterocycles. The molecule has 0 atom stereocenters. The van der Waals surface area contributed by atoms with Gasteiger partial charge in [0.15, 0.2) is 0 Å². The number of hydrogen-bond donors (Lipinski definition) is 1. The quantitative estimate of drug-likeness (QED) is 0.780. The SMILES string of the molecule is Cl.Cl.Fc1cc(F)cc(COCC2(N3CCNCC3)Cc3ccccc3C2)c1. The highest BCUT2D eigenvalue weighted by Crippen LogP contribution is 2.35. The molecule has 1 N–H and O–H groups in total. The summed E-state index contributed by atoms with van der Waals surface area (Å²) in [5.74, 6) is -1.12. The summed E-state index contributed by atoms with van der Waals surface area (Å²) in [6.45, 7) is 4.72. The molecule has 0 radical (unpaired) electrons. The van der Waals surface area contributed by atoms with Gasteiger partial charge >= 0.3 is 0 Å². The van der Waals surface area contributed by atoms with Crippen LogP contribution in [0.2, 0.25) is 0 Å². The summed E-state index contributed by atoms with van der Waals surface area (Å²) < 4.78 is 32.8. The number of ether oxygens (including phenoxy) is 1. The molecule has 0 saturated carbocycles. The van der Waals surface area contributed by atoms with Crippen molar-refractivity contribution in [2.24, 2.45) is 0 Å². The summed E-state index contributed by atoms with van der Waals surface area (Å²) in [4.78, 5) is 2.52. The van der Waals surface area contributed by atoms with Crippen molar-refractivity contribution in [2.45, 2.75) is 25.0 Å². The fourth-order valence-corrected chi connectivity index (χ4v) is 4.28. The number of nitrogens with one attached hydrogen (secondary N) is 1. The van der Waals surface area contributed by atoms with Gasteiger partial charge in [-0.25, -0.2) is 8.78 Å². The zero-order valence-electron chi connectivity index (χ0n) is 15.6. The summed E-state index contributed by atoms with van der Waals surface area (Å²) in [5, 5.41) is 3.41. The van der Waals surface area contributed by atoms with Crippen LogP contribution >= 0.6 is 24.8 Å². The van der Waals surface area contributed by atoms with Gasteiger partial charge < -0.3 is 10.1 Å². The zero-order valence-corrected chi connectivity index (χ0v) is 17.3. The van der Waals surface area contributed by atoms with Gasteiger partial charge in [0.25, 0.3) is 0 Å². The molecule has 0 bridgehead atoms. The Morgan fingerprint density at radius 2 is 1.50 bits per heavy atom. The lowest BCUT2D eigenvalue weighted by Crippen LogP contribution is -2.59. The van der Waals surface area contributed by atoms with Crippen LogP contribution in [0, 0.1) is 11.6 Å². The normalized spacial score (nSPS) is 18.1. The first kappa shape index (κ1) is 23.0. The summed E-state index contributed by atoms with van der Waals surface area (Å²) in [6, 6.07) is 12.1. The van der Waals surface area contributed by atoms with Crippen molar-refractivity contribution in [3.8, 4) is 0 Å². The molecule has 7 heteroatoms. The average molecular weight is 431 g/mol. The highest BCUT2D eigenvalue weighted by Gasteiger charge is 2.42. The molecule has 1 heterocycles. The summed E-state index contributed by atoms with van der Waals surface area (Å²) in [5.41, 5.74) is 3.23. The lowest BCUT2D eigenvalue weighted by atomic mass is 9.93. The Bertz CT molecular complexity index is 740. The second kappa shape index (κ2) is 9.99. The van der Waals surface area contributed by atoms with Gasteiger partial charge in [0.1, 0.15) is 11.6 Å². The van der Waals surface area contributed by atoms with E-state index in [1.54, 1.807) is 0 Å². The van der Waals surface area contributed by atoms with E-state index in [9.17, 15) is 8.78 Å². The molecular weight excluding hydrogens is 405 g/mol. The smallest absolute Gasteiger partial charge is 0.126 e. The molecule has 4 rings (SSSR count). The number of piperazine rings is 1. The van der Waals surface area contributed by atoms with Gasteiger partial charge in [-0.1, -0.05) is 24.3 Å². The van der Waals surface area contributed by atoms with E-state index >= 15 is 0 Å². The van der Waals surface area contributed by atoms with E-state index < -0.39 is 11.6 Å². The third-order valence-electron chi connectivity index (χ3n) is 5.51. The Hall–Kier alpha value is -1.24. The van der Waals surface area contributed by atoms with Gasteiger partial charge in [0.2, 0.25) is 0 Å². The number of fused-ring (bicyclic) bond motifs is 1. The Labute approximate surface area is 177 Å². The second-order valence-electron chi connectivity index (χ2n) is 7.35. The highest BCUT2D eigenvalue weighted by atomic mass is 35.5. The van der Waals surface area contributed by atoms with Crippen LogP contribution in [-0.4, -0.2) is 43.2 Å². The molecule has 154 valence electrons. The molecule has 2 aromatic rings. The fraction of sp³-hybridized carbons (Fsp3) is 0.429. The van der Waals surface area contributed by atoms with Crippen molar-refractivity contribution in [3.05, 3.63) is 70.8 Å². The molecule has 3 nitrogen and oxygen atoms in total. The number of rotatable bonds is 5. The van der Waals surface area contributed by atoms with Crippen LogP contribution in [0.4, 0.5) is 8.78 Å². The standard InChI is InChI=1S/C21H24F2N2O.2ClH/c22-19-9-16(10-20(23)11-19)14-26-15-21(25-7-5-24-6-8-25)12-17-3-1-2-4-18(17)13-21;;/h1-4,9-11,24H,5-8,12-15H2;2*1H. The Kier molecular flexibility index (Phi) is 8.22. The summed E-state index contributed by atoms with van der Waals surface area (Å²) in [7, 11) is 0. The Morgan fingerprint density at radius 3 is 2.07 bits per heavy atom. The lowest BCUT2D eigenvalue weighted by molar-refractivity contribution is -0.0159. The van der Waals surface area contributed by atoms with Crippen LogP contribution in [0.15, 0.2) is 42.5 Å². The molecule has 0 amide bonds. The van der Waals surface area contributed by atoms with E-state index in [4.69, 9.17) is 4.74 Å². The highest BCUT2D eigenvalue weighted by molar-refractivity contribution is 5.85. The molecule has 1 fully saturated rings. The number of halogens is 4. The molecular formula is C21H26Cl2F2N2O. The molecule has 28 heavy (non-hydrogen) atoms. The third kappa shape index (κ3) is 5.02. The summed E-state index contributed by atoms with van der Waals surface area (Å²) in [6.07, 6.45) is 1.92. The molecule has 1 saturated heterocycles. The molecule has 0 aromatic heterocycles. The summed E-state index contributed by atoms with van der Waals surface area (Å²) >= 11 is 0. The van der Waals surface area contributed by atoms with E-state index in [0.717, 1.165) is 45.1 Å². The van der Waals surface area contributed by atoms with Crippen LogP contribution < -0.4 is 5.32 Å². The van der Waals surface area contributed by atoms with Crippen molar-refractivity contribution < 1.29 is 13.5 Å². The molecule has 0 spiro atoms. The molecule has 0 unspecified atom stereocenters. The van der Waals surface area contributed by atoms with Crippen LogP contribution in [0.5, 0.6) is 0 Å². The van der Waals surface area contributed by atoms with Gasteiger partial charge in [-0.2, -0.15) is 0 Å². The predicted molar refractivity (Wildman–Crippen MR) is 112 cm³/mol. The van der Waals surface area contributed by atoms with Crippen molar-refractivity contribution in [1.82, 2.24) is 10.2 Å². The Morgan fingerprint density at radius 1 is 0.929 bits per heavy atom. The number of nitrogens with zero attached hydrogens (tertiary/aromatic N) is 1. The maximum absolute atomic E-state index is 13.4. The van der Waals surface area contributed by atoms with Crippen LogP contribution in [-0.2, 0) is 24.2 Å². The van der Waals surface area contributed by atoms with E-state index in [1.807, 2.05) is 0 Å². The first-order valence-corrected chi connectivity index (χ1v) is 9.20. The van der Waals surface area contributed by atoms with Gasteiger partial charge in [-0.3, -0.25) is 4.90 Å². The maximum atomic E-state index is 13.4. The van der Waals surface area contributed by atoms with Crippen LogP contribution in [0.1, 0.15) is 16.7 Å². The predicted octanol–water partition coefficient (Wildman–Crippen LogP) is 3.77. The van der Waals surface area contributed by atoms with Crippen molar-refractivity contribution in [2.75, 3.05) is 32.8 Å². The fourth-order valence-electron chi connectivity index (χ4n) is 4.28. The third-order valence-corrected chi connectivity index (χ3v) is 5.51. The molecule has 1 aliphatic carbocycles. The van der Waals surface area contributed by atoms with Gasteiger partial charge in [0, 0.05) is 32.2 Å². The molecule has 2 aromatic carbocycles. The van der Waals surface area contributed by atoms with E-state index in [1.165, 1.54) is 23.3 Å². The second-order valence-corrected chi connectivity index (χ2v) is 7.35. The Balaban J connectivity index is 0.00000140. The van der Waals surface area contributed by atoms with Crippen molar-refractivity contribution in [3.63, 3.8) is 0 Å². The average Bonchev–Trinajstić information content (AvgIpc) is 3.01. The van der Waals surface area contributed by atoms with Gasteiger partial charge in [0.05, 0.1) is 18.8 Å². The van der Waals surface area contributed by atoms with E-state index in [2.05, 4.69) is 34.5 Å². The van der Waals surface area contributed by atoms with Crippen molar-refractivity contribution in [1.29, 1.82) is 0 Å². The first-order chi connectivity index (χ1) is 12.6. The minimum atomic E-state index is -0.561. The van der Waals surface area contributed by atoms with Crippen LogP contribution in [0.25, 0.3) is 0 Å². The lowest BCUT2D eigenvalue weighted by Gasteiger charge is -2.43.